The lowest BCUT2D eigenvalue weighted by Gasteiger charge is -2.31. The number of carboxylic acid groups (broad SMARTS) is 2. The highest BCUT2D eigenvalue weighted by molar-refractivity contribution is 5.87. The Morgan fingerprint density at radius 2 is 1.14 bits per heavy atom. The van der Waals surface area contributed by atoms with Crippen molar-refractivity contribution in [3.8, 4) is 0 Å². The first-order valence-electron chi connectivity index (χ1n) is 12.2. The molecule has 4 aromatic rings. The maximum Gasteiger partial charge on any atom is 0.321 e. The molecule has 0 fully saturated rings. The number of fused-ring (bicyclic) bond motifs is 6. The lowest BCUT2D eigenvalue weighted by Crippen LogP contribution is -2.45. The lowest BCUT2D eigenvalue weighted by molar-refractivity contribution is -0.140. The molecule has 0 amide bonds. The average molecular weight is 473 g/mol. The van der Waals surface area contributed by atoms with Gasteiger partial charge < -0.3 is 20.2 Å². The lowest BCUT2D eigenvalue weighted by atomic mass is 9.89. The number of rotatable bonds is 6. The number of aromatic nitrogens is 2. The van der Waals surface area contributed by atoms with E-state index in [4.69, 9.17) is 0 Å². The second kappa shape index (κ2) is 8.55. The van der Waals surface area contributed by atoms with Gasteiger partial charge in [0.2, 0.25) is 0 Å². The number of hydrogen-bond acceptors (Lipinski definition) is 4. The van der Waals surface area contributed by atoms with E-state index < -0.39 is 24.0 Å². The van der Waals surface area contributed by atoms with Crippen molar-refractivity contribution < 1.29 is 19.8 Å². The standard InChI is InChI=1S/C27H28N4O4/c32-26(33)22-12-16-14-6-1-3-8-18(14)30-24(16)20(28-22)10-5-11-21-25-17(13-23(29-21)27(34)35)15-7-2-4-9-19(15)31-25/h1-4,6-9,20-23,28-31H,5,10-13H2,(H,32,33)(H,34,35)/t20-,21+,22-,23-/m1/s1. The van der Waals surface area contributed by atoms with E-state index in [1.165, 1.54) is 0 Å². The molecule has 2 aliphatic rings. The molecule has 8 nitrogen and oxygen atoms in total. The van der Waals surface area contributed by atoms with Crippen LogP contribution in [0.5, 0.6) is 0 Å². The summed E-state index contributed by atoms with van der Waals surface area (Å²) in [5.41, 5.74) is 6.34. The van der Waals surface area contributed by atoms with E-state index in [-0.39, 0.29) is 12.1 Å². The maximum atomic E-state index is 11.9. The first-order valence-corrected chi connectivity index (χ1v) is 12.2. The van der Waals surface area contributed by atoms with Crippen LogP contribution in [0.15, 0.2) is 48.5 Å². The summed E-state index contributed by atoms with van der Waals surface area (Å²) in [7, 11) is 0. The van der Waals surface area contributed by atoms with Gasteiger partial charge in [-0.05, 0) is 42.5 Å². The first-order chi connectivity index (χ1) is 17.0. The highest BCUT2D eigenvalue weighted by Crippen LogP contribution is 2.37. The number of carboxylic acids is 2. The van der Waals surface area contributed by atoms with Crippen molar-refractivity contribution in [2.24, 2.45) is 0 Å². The van der Waals surface area contributed by atoms with Crippen molar-refractivity contribution in [2.45, 2.75) is 56.3 Å². The molecule has 0 bridgehead atoms. The fraction of sp³-hybridized carbons (Fsp3) is 0.333. The fourth-order valence-corrected chi connectivity index (χ4v) is 5.95. The number of aliphatic carboxylic acids is 2. The van der Waals surface area contributed by atoms with E-state index in [9.17, 15) is 19.8 Å². The Hall–Kier alpha value is -3.62. The van der Waals surface area contributed by atoms with Crippen molar-refractivity contribution in [3.05, 3.63) is 71.0 Å². The van der Waals surface area contributed by atoms with Crippen LogP contribution in [0.4, 0.5) is 0 Å². The van der Waals surface area contributed by atoms with E-state index in [0.717, 1.165) is 63.6 Å². The second-order valence-electron chi connectivity index (χ2n) is 9.68. The molecule has 0 aliphatic carbocycles. The Bertz CT molecular complexity index is 1330. The van der Waals surface area contributed by atoms with Crippen LogP contribution in [0.1, 0.15) is 53.9 Å². The van der Waals surface area contributed by atoms with Crippen molar-refractivity contribution in [1.29, 1.82) is 0 Å². The molecule has 0 radical (unpaired) electrons. The Morgan fingerprint density at radius 1 is 0.714 bits per heavy atom. The normalized spacial score (nSPS) is 23.8. The predicted molar refractivity (Wildman–Crippen MR) is 132 cm³/mol. The SMILES string of the molecule is O=C(O)[C@H]1Cc2c([nH]c3ccccc23)[C@H](CCC[C@H]2N[C@@H](C(=O)O)Cc3c2[nH]c2ccccc32)N1. The highest BCUT2D eigenvalue weighted by atomic mass is 16.4. The van der Waals surface area contributed by atoms with Crippen LogP contribution in [0.3, 0.4) is 0 Å². The highest BCUT2D eigenvalue weighted by Gasteiger charge is 2.35. The van der Waals surface area contributed by atoms with Gasteiger partial charge in [0, 0.05) is 58.1 Å². The first kappa shape index (κ1) is 21.9. The minimum Gasteiger partial charge on any atom is -0.480 e. The van der Waals surface area contributed by atoms with Gasteiger partial charge in [-0.3, -0.25) is 20.2 Å². The smallest absolute Gasteiger partial charge is 0.321 e. The van der Waals surface area contributed by atoms with Crippen LogP contribution in [0, 0.1) is 0 Å². The number of H-pyrrole nitrogens is 2. The molecular formula is C27H28N4O4. The number of para-hydroxylation sites is 2. The number of hydrogen-bond donors (Lipinski definition) is 6. The molecule has 2 aliphatic heterocycles. The molecule has 0 saturated heterocycles. The van der Waals surface area contributed by atoms with E-state index in [2.05, 4.69) is 20.6 Å². The minimum atomic E-state index is -0.841. The molecule has 6 N–H and O–H groups in total. The van der Waals surface area contributed by atoms with Gasteiger partial charge in [0.05, 0.1) is 0 Å². The third-order valence-electron chi connectivity index (χ3n) is 7.59. The van der Waals surface area contributed by atoms with E-state index in [1.54, 1.807) is 0 Å². The minimum absolute atomic E-state index is 0.103. The van der Waals surface area contributed by atoms with Crippen LogP contribution < -0.4 is 10.6 Å². The van der Waals surface area contributed by atoms with Crippen LogP contribution in [-0.4, -0.2) is 44.2 Å². The monoisotopic (exact) mass is 472 g/mol. The molecule has 0 spiro atoms. The maximum absolute atomic E-state index is 11.9. The Morgan fingerprint density at radius 3 is 1.57 bits per heavy atom. The zero-order valence-electron chi connectivity index (χ0n) is 19.2. The molecule has 0 saturated carbocycles. The number of aromatic amines is 2. The van der Waals surface area contributed by atoms with Gasteiger partial charge in [0.1, 0.15) is 12.1 Å². The summed E-state index contributed by atoms with van der Waals surface area (Å²) in [6, 6.07) is 14.6. The van der Waals surface area contributed by atoms with Gasteiger partial charge in [-0.1, -0.05) is 36.4 Å². The summed E-state index contributed by atoms with van der Waals surface area (Å²) in [4.78, 5) is 30.8. The van der Waals surface area contributed by atoms with Crippen LogP contribution in [0.2, 0.25) is 0 Å². The van der Waals surface area contributed by atoms with E-state index >= 15 is 0 Å². The summed E-state index contributed by atoms with van der Waals surface area (Å²) in [6.45, 7) is 0. The predicted octanol–water partition coefficient (Wildman–Crippen LogP) is 3.80. The van der Waals surface area contributed by atoms with Crippen molar-refractivity contribution >= 4 is 33.7 Å². The summed E-state index contributed by atoms with van der Waals surface area (Å²) < 4.78 is 0. The van der Waals surface area contributed by atoms with Gasteiger partial charge in [-0.15, -0.1) is 0 Å². The van der Waals surface area contributed by atoms with Gasteiger partial charge in [-0.25, -0.2) is 0 Å². The fourth-order valence-electron chi connectivity index (χ4n) is 5.95. The third-order valence-corrected chi connectivity index (χ3v) is 7.59. The quantitative estimate of drug-likeness (QED) is 0.253. The Labute approximate surface area is 201 Å². The molecule has 4 heterocycles. The molecule has 2 aromatic carbocycles. The van der Waals surface area contributed by atoms with Crippen molar-refractivity contribution in [2.75, 3.05) is 0 Å². The number of carbonyl (C=O) groups is 2. The zero-order chi connectivity index (χ0) is 24.1. The molecular weight excluding hydrogens is 444 g/mol. The van der Waals surface area contributed by atoms with Gasteiger partial charge in [0.15, 0.2) is 0 Å². The van der Waals surface area contributed by atoms with Gasteiger partial charge in [-0.2, -0.15) is 0 Å². The van der Waals surface area contributed by atoms with E-state index in [0.29, 0.717) is 12.8 Å². The van der Waals surface area contributed by atoms with Crippen LogP contribution in [-0.2, 0) is 22.4 Å². The third kappa shape index (κ3) is 3.79. The topological polar surface area (TPSA) is 130 Å². The van der Waals surface area contributed by atoms with Crippen LogP contribution in [0.25, 0.3) is 21.8 Å². The van der Waals surface area contributed by atoms with Crippen LogP contribution >= 0.6 is 0 Å². The summed E-state index contributed by atoms with van der Waals surface area (Å²) in [5.74, 6) is -1.68. The van der Waals surface area contributed by atoms with Crippen molar-refractivity contribution in [1.82, 2.24) is 20.6 Å². The zero-order valence-corrected chi connectivity index (χ0v) is 19.2. The molecule has 180 valence electrons. The Kier molecular flexibility index (Phi) is 5.35. The summed E-state index contributed by atoms with van der Waals surface area (Å²) >= 11 is 0. The molecule has 2 aromatic heterocycles. The van der Waals surface area contributed by atoms with Gasteiger partial charge in [0.25, 0.3) is 0 Å². The Balaban J connectivity index is 1.25. The van der Waals surface area contributed by atoms with Gasteiger partial charge >= 0.3 is 11.9 Å². The number of nitrogens with one attached hydrogen (secondary N) is 4. The molecule has 0 unspecified atom stereocenters. The van der Waals surface area contributed by atoms with E-state index in [1.807, 2.05) is 48.5 Å². The average Bonchev–Trinajstić information content (AvgIpc) is 3.42. The summed E-state index contributed by atoms with van der Waals surface area (Å²) in [6.07, 6.45) is 3.20. The summed E-state index contributed by atoms with van der Waals surface area (Å²) in [5, 5.41) is 28.3. The second-order valence-corrected chi connectivity index (χ2v) is 9.68. The van der Waals surface area contributed by atoms with Crippen molar-refractivity contribution in [3.63, 3.8) is 0 Å². The molecule has 4 atom stereocenters. The molecule has 6 rings (SSSR count). The number of benzene rings is 2. The largest absolute Gasteiger partial charge is 0.480 e. The molecule has 8 heteroatoms. The molecule has 35 heavy (non-hydrogen) atoms.